The molecule has 0 unspecified atom stereocenters. The van der Waals surface area contributed by atoms with E-state index in [0.29, 0.717) is 29.7 Å². The van der Waals surface area contributed by atoms with Gasteiger partial charge in [0.25, 0.3) is 0 Å². The number of anilines is 2. The molecule has 0 bridgehead atoms. The topological polar surface area (TPSA) is 126 Å². The summed E-state index contributed by atoms with van der Waals surface area (Å²) >= 11 is 1.14. The lowest BCUT2D eigenvalue weighted by Gasteiger charge is -2.14. The van der Waals surface area contributed by atoms with Crippen LogP contribution in [0.25, 0.3) is 0 Å². The highest BCUT2D eigenvalue weighted by Crippen LogP contribution is 2.26. The van der Waals surface area contributed by atoms with Gasteiger partial charge in [0, 0.05) is 5.38 Å². The van der Waals surface area contributed by atoms with Crippen LogP contribution in [0.5, 0.6) is 5.75 Å². The van der Waals surface area contributed by atoms with Crippen LogP contribution >= 0.6 is 11.3 Å². The van der Waals surface area contributed by atoms with Crippen LogP contribution in [0.3, 0.4) is 0 Å². The zero-order chi connectivity index (χ0) is 22.3. The Bertz CT molecular complexity index is 1000. The first-order valence-corrected chi connectivity index (χ1v) is 12.0. The number of sulfonamides is 1. The van der Waals surface area contributed by atoms with Crippen LogP contribution < -0.4 is 20.1 Å². The third kappa shape index (κ3) is 8.47. The molecule has 9 nitrogen and oxygen atoms in total. The van der Waals surface area contributed by atoms with E-state index in [1.807, 2.05) is 32.9 Å². The average Bonchev–Trinajstić information content (AvgIpc) is 3.06. The van der Waals surface area contributed by atoms with Crippen molar-refractivity contribution in [2.24, 2.45) is 5.92 Å². The lowest BCUT2D eigenvalue weighted by Crippen LogP contribution is -2.22. The van der Waals surface area contributed by atoms with Crippen molar-refractivity contribution < 1.29 is 22.7 Å². The molecule has 1 aromatic carbocycles. The standard InChI is InChI=1S/C19H26N4O5S2/c1-12(2)10-28-16-7-13(3)5-6-15(16)22-17(24)8-18(25)23-19-21-14(11-29-19)9-20-30(4,26)27/h5-7,11-12,20H,8-10H2,1-4H3,(H,22,24)(H,21,23,25). The number of thiazole rings is 1. The number of hydrogen-bond acceptors (Lipinski definition) is 7. The summed E-state index contributed by atoms with van der Waals surface area (Å²) in [6.45, 7) is 6.51. The first kappa shape index (κ1) is 23.8. The maximum Gasteiger partial charge on any atom is 0.235 e. The van der Waals surface area contributed by atoms with Crippen molar-refractivity contribution in [3.05, 3.63) is 34.8 Å². The van der Waals surface area contributed by atoms with Crippen LogP contribution in [0.15, 0.2) is 23.6 Å². The van der Waals surface area contributed by atoms with Crippen molar-refractivity contribution in [1.82, 2.24) is 9.71 Å². The minimum atomic E-state index is -3.33. The summed E-state index contributed by atoms with van der Waals surface area (Å²) in [5.41, 5.74) is 1.97. The van der Waals surface area contributed by atoms with E-state index in [0.717, 1.165) is 23.2 Å². The van der Waals surface area contributed by atoms with Crippen LogP contribution in [0, 0.1) is 12.8 Å². The van der Waals surface area contributed by atoms with E-state index in [4.69, 9.17) is 4.74 Å². The van der Waals surface area contributed by atoms with Crippen LogP contribution in [0.4, 0.5) is 10.8 Å². The molecule has 0 fully saturated rings. The smallest absolute Gasteiger partial charge is 0.235 e. The molecule has 11 heteroatoms. The first-order valence-electron chi connectivity index (χ1n) is 9.24. The number of benzene rings is 1. The maximum absolute atomic E-state index is 12.3. The molecule has 2 amide bonds. The van der Waals surface area contributed by atoms with E-state index in [-0.39, 0.29) is 11.7 Å². The molecule has 1 heterocycles. The van der Waals surface area contributed by atoms with E-state index in [9.17, 15) is 18.0 Å². The third-order valence-corrected chi connectivity index (χ3v) is 5.09. The summed E-state index contributed by atoms with van der Waals surface area (Å²) in [6.07, 6.45) is 0.655. The molecule has 0 aliphatic rings. The lowest BCUT2D eigenvalue weighted by atomic mass is 10.2. The highest BCUT2D eigenvalue weighted by molar-refractivity contribution is 7.88. The number of aryl methyl sites for hydroxylation is 1. The minimum Gasteiger partial charge on any atom is -0.491 e. The number of ether oxygens (including phenoxy) is 1. The van der Waals surface area contributed by atoms with E-state index in [1.54, 1.807) is 11.4 Å². The molecule has 0 aliphatic carbocycles. The molecule has 2 aromatic rings. The Hall–Kier alpha value is -2.50. The fourth-order valence-corrected chi connectivity index (χ4v) is 3.40. The Kier molecular flexibility index (Phi) is 8.33. The van der Waals surface area contributed by atoms with Gasteiger partial charge < -0.3 is 15.4 Å². The predicted octanol–water partition coefficient (Wildman–Crippen LogP) is 2.50. The fourth-order valence-electron chi connectivity index (χ4n) is 2.26. The Morgan fingerprint density at radius 1 is 1.20 bits per heavy atom. The van der Waals surface area contributed by atoms with Crippen molar-refractivity contribution in [2.75, 3.05) is 23.5 Å². The molecule has 0 saturated carbocycles. The summed E-state index contributed by atoms with van der Waals surface area (Å²) in [5, 5.41) is 7.15. The summed E-state index contributed by atoms with van der Waals surface area (Å²) in [6, 6.07) is 5.42. The number of aromatic nitrogens is 1. The first-order chi connectivity index (χ1) is 14.0. The second-order valence-corrected chi connectivity index (χ2v) is 9.91. The van der Waals surface area contributed by atoms with Crippen LogP contribution in [0.2, 0.25) is 0 Å². The van der Waals surface area contributed by atoms with Gasteiger partial charge in [-0.15, -0.1) is 11.3 Å². The Morgan fingerprint density at radius 2 is 1.90 bits per heavy atom. The van der Waals surface area contributed by atoms with Crippen molar-refractivity contribution in [1.29, 1.82) is 0 Å². The minimum absolute atomic E-state index is 0.0261. The van der Waals surface area contributed by atoms with Crippen molar-refractivity contribution >= 4 is 44.0 Å². The summed E-state index contributed by atoms with van der Waals surface area (Å²) in [7, 11) is -3.33. The van der Waals surface area contributed by atoms with Gasteiger partial charge in [-0.3, -0.25) is 9.59 Å². The summed E-state index contributed by atoms with van der Waals surface area (Å²) < 4.78 is 30.3. The van der Waals surface area contributed by atoms with Gasteiger partial charge in [-0.25, -0.2) is 18.1 Å². The molecule has 1 aromatic heterocycles. The molecule has 0 atom stereocenters. The van der Waals surface area contributed by atoms with Crippen LogP contribution in [0.1, 0.15) is 31.5 Å². The molecule has 30 heavy (non-hydrogen) atoms. The zero-order valence-corrected chi connectivity index (χ0v) is 18.9. The Morgan fingerprint density at radius 3 is 2.57 bits per heavy atom. The third-order valence-electron chi connectivity index (χ3n) is 3.62. The second kappa shape index (κ2) is 10.5. The van der Waals surface area contributed by atoms with Gasteiger partial charge in [0.2, 0.25) is 21.8 Å². The number of nitrogens with one attached hydrogen (secondary N) is 3. The molecule has 2 rings (SSSR count). The molecule has 0 radical (unpaired) electrons. The quantitative estimate of drug-likeness (QED) is 0.474. The highest BCUT2D eigenvalue weighted by atomic mass is 32.2. The molecule has 3 N–H and O–H groups in total. The van der Waals surface area contributed by atoms with Gasteiger partial charge in [-0.05, 0) is 30.5 Å². The van der Waals surface area contributed by atoms with Crippen LogP contribution in [-0.2, 0) is 26.2 Å². The zero-order valence-electron chi connectivity index (χ0n) is 17.3. The van der Waals surface area contributed by atoms with Gasteiger partial charge in [0.05, 0.1) is 30.8 Å². The van der Waals surface area contributed by atoms with Crippen molar-refractivity contribution in [3.63, 3.8) is 0 Å². The van der Waals surface area contributed by atoms with Gasteiger partial charge in [-0.1, -0.05) is 19.9 Å². The van der Waals surface area contributed by atoms with Crippen LogP contribution in [-0.4, -0.2) is 38.1 Å². The average molecular weight is 455 g/mol. The lowest BCUT2D eigenvalue weighted by molar-refractivity contribution is -0.123. The van der Waals surface area contributed by atoms with Gasteiger partial charge in [0.1, 0.15) is 12.2 Å². The SMILES string of the molecule is Cc1ccc(NC(=O)CC(=O)Nc2nc(CNS(C)(=O)=O)cs2)c(OCC(C)C)c1. The monoisotopic (exact) mass is 454 g/mol. The summed E-state index contributed by atoms with van der Waals surface area (Å²) in [4.78, 5) is 28.5. The van der Waals surface area contributed by atoms with E-state index < -0.39 is 28.3 Å². The molecular formula is C19H26N4O5S2. The number of carbonyl (C=O) groups is 2. The number of nitrogens with zero attached hydrogens (tertiary/aromatic N) is 1. The molecule has 0 spiro atoms. The molecular weight excluding hydrogens is 428 g/mol. The van der Waals surface area contributed by atoms with Crippen molar-refractivity contribution in [2.45, 2.75) is 33.7 Å². The molecule has 0 aliphatic heterocycles. The fraction of sp³-hybridized carbons (Fsp3) is 0.421. The Balaban J connectivity index is 1.91. The highest BCUT2D eigenvalue weighted by Gasteiger charge is 2.15. The van der Waals surface area contributed by atoms with Gasteiger partial charge in [-0.2, -0.15) is 0 Å². The largest absolute Gasteiger partial charge is 0.491 e. The number of amides is 2. The number of rotatable bonds is 10. The van der Waals surface area contributed by atoms with Crippen molar-refractivity contribution in [3.8, 4) is 5.75 Å². The normalized spacial score (nSPS) is 11.4. The predicted molar refractivity (Wildman–Crippen MR) is 117 cm³/mol. The number of carbonyl (C=O) groups excluding carboxylic acids is 2. The molecule has 0 saturated heterocycles. The van der Waals surface area contributed by atoms with E-state index in [1.165, 1.54) is 0 Å². The van der Waals surface area contributed by atoms with E-state index >= 15 is 0 Å². The Labute approximate surface area is 180 Å². The molecule has 164 valence electrons. The maximum atomic E-state index is 12.3. The second-order valence-electron chi connectivity index (χ2n) is 7.21. The van der Waals surface area contributed by atoms with Gasteiger partial charge >= 0.3 is 0 Å². The number of hydrogen-bond donors (Lipinski definition) is 3. The van der Waals surface area contributed by atoms with E-state index in [2.05, 4.69) is 20.3 Å². The van der Waals surface area contributed by atoms with Gasteiger partial charge in [0.15, 0.2) is 5.13 Å². The summed E-state index contributed by atoms with van der Waals surface area (Å²) in [5.74, 6) is -0.126.